The smallest absolute Gasteiger partial charge is 0.254 e. The van der Waals surface area contributed by atoms with Crippen molar-refractivity contribution in [3.8, 4) is 0 Å². The van der Waals surface area contributed by atoms with Gasteiger partial charge >= 0.3 is 0 Å². The number of carbonyl (C=O) groups excluding carboxylic acids is 1. The van der Waals surface area contributed by atoms with Crippen molar-refractivity contribution >= 4 is 5.91 Å². The first-order valence-electron chi connectivity index (χ1n) is 7.93. The van der Waals surface area contributed by atoms with Crippen molar-refractivity contribution in [2.75, 3.05) is 39.4 Å². The average molecular weight is 288 g/mol. The Hall–Kier alpha value is -1.39. The first kappa shape index (κ1) is 14.5. The van der Waals surface area contributed by atoms with Crippen LogP contribution in [0.15, 0.2) is 18.2 Å². The Morgan fingerprint density at radius 2 is 1.90 bits per heavy atom. The molecule has 0 atom stereocenters. The Labute approximate surface area is 126 Å². The number of hydrogen-bond donors (Lipinski definition) is 1. The van der Waals surface area contributed by atoms with Gasteiger partial charge in [0.25, 0.3) is 5.91 Å². The molecule has 0 aromatic heterocycles. The van der Waals surface area contributed by atoms with Crippen molar-refractivity contribution in [2.24, 2.45) is 0 Å². The van der Waals surface area contributed by atoms with Crippen LogP contribution in [-0.4, -0.2) is 50.2 Å². The van der Waals surface area contributed by atoms with E-state index >= 15 is 0 Å². The Kier molecular flexibility index (Phi) is 4.56. The average Bonchev–Trinajstić information content (AvgIpc) is 2.55. The minimum atomic E-state index is 0.150. The zero-order valence-corrected chi connectivity index (χ0v) is 12.7. The molecule has 114 valence electrons. The first-order chi connectivity index (χ1) is 10.2. The predicted molar refractivity (Wildman–Crippen MR) is 82.7 cm³/mol. The molecule has 2 heterocycles. The van der Waals surface area contributed by atoms with Crippen LogP contribution in [-0.2, 0) is 4.74 Å². The van der Waals surface area contributed by atoms with Crippen molar-refractivity contribution in [3.63, 3.8) is 0 Å². The molecular weight excluding hydrogens is 264 g/mol. The van der Waals surface area contributed by atoms with E-state index in [4.69, 9.17) is 4.74 Å². The number of carbonyl (C=O) groups is 1. The number of ether oxygens (including phenoxy) is 1. The molecule has 2 aliphatic rings. The summed E-state index contributed by atoms with van der Waals surface area (Å²) < 4.78 is 5.33. The zero-order chi connectivity index (χ0) is 14.7. The fraction of sp³-hybridized carbons (Fsp3) is 0.588. The summed E-state index contributed by atoms with van der Waals surface area (Å²) in [6.45, 7) is 6.94. The van der Waals surface area contributed by atoms with Crippen LogP contribution in [0.1, 0.15) is 40.2 Å². The van der Waals surface area contributed by atoms with Crippen LogP contribution in [0, 0.1) is 6.92 Å². The van der Waals surface area contributed by atoms with Crippen molar-refractivity contribution in [3.05, 3.63) is 34.9 Å². The normalized spacial score (nSPS) is 20.5. The fourth-order valence-corrected chi connectivity index (χ4v) is 3.28. The van der Waals surface area contributed by atoms with Crippen LogP contribution in [0.3, 0.4) is 0 Å². The van der Waals surface area contributed by atoms with Gasteiger partial charge in [-0.15, -0.1) is 0 Å². The van der Waals surface area contributed by atoms with Gasteiger partial charge in [0.2, 0.25) is 0 Å². The van der Waals surface area contributed by atoms with Gasteiger partial charge in [-0.3, -0.25) is 4.79 Å². The van der Waals surface area contributed by atoms with Gasteiger partial charge in [-0.25, -0.2) is 0 Å². The van der Waals surface area contributed by atoms with Crippen molar-refractivity contribution < 1.29 is 9.53 Å². The van der Waals surface area contributed by atoms with Gasteiger partial charge in [0.1, 0.15) is 0 Å². The standard InChI is InChI=1S/C17H24N2O2/c1-13-10-15(14-2-4-18-5-3-14)12-16(11-13)17(20)19-6-8-21-9-7-19/h10-12,14,18H,2-9H2,1H3. The number of hydrogen-bond acceptors (Lipinski definition) is 3. The third-order valence-corrected chi connectivity index (χ3v) is 4.46. The minimum absolute atomic E-state index is 0.150. The van der Waals surface area contributed by atoms with Crippen LogP contribution in [0.4, 0.5) is 0 Å². The number of morpholine rings is 1. The summed E-state index contributed by atoms with van der Waals surface area (Å²) in [4.78, 5) is 14.6. The van der Waals surface area contributed by atoms with Crippen LogP contribution in [0.2, 0.25) is 0 Å². The Morgan fingerprint density at radius 1 is 1.19 bits per heavy atom. The van der Waals surface area contributed by atoms with Gasteiger partial charge in [0.05, 0.1) is 13.2 Å². The summed E-state index contributed by atoms with van der Waals surface area (Å²) in [5.74, 6) is 0.736. The maximum atomic E-state index is 12.6. The van der Waals surface area contributed by atoms with Gasteiger partial charge in [-0.05, 0) is 56.5 Å². The number of amides is 1. The topological polar surface area (TPSA) is 41.6 Å². The van der Waals surface area contributed by atoms with Crippen LogP contribution in [0.5, 0.6) is 0 Å². The van der Waals surface area contributed by atoms with E-state index in [2.05, 4.69) is 24.4 Å². The molecule has 0 aliphatic carbocycles. The number of rotatable bonds is 2. The quantitative estimate of drug-likeness (QED) is 0.904. The molecule has 3 rings (SSSR count). The highest BCUT2D eigenvalue weighted by Crippen LogP contribution is 2.27. The first-order valence-corrected chi connectivity index (χ1v) is 7.93. The molecule has 2 saturated heterocycles. The van der Waals surface area contributed by atoms with Gasteiger partial charge in [0.15, 0.2) is 0 Å². The van der Waals surface area contributed by atoms with Crippen LogP contribution in [0.25, 0.3) is 0 Å². The van der Waals surface area contributed by atoms with E-state index in [1.165, 1.54) is 11.1 Å². The lowest BCUT2D eigenvalue weighted by Crippen LogP contribution is -2.40. The van der Waals surface area contributed by atoms with Crippen LogP contribution >= 0.6 is 0 Å². The largest absolute Gasteiger partial charge is 0.378 e. The lowest BCUT2D eigenvalue weighted by molar-refractivity contribution is 0.0302. The van der Waals surface area contributed by atoms with Crippen molar-refractivity contribution in [1.82, 2.24) is 10.2 Å². The van der Waals surface area contributed by atoms with E-state index in [1.807, 2.05) is 11.0 Å². The third-order valence-electron chi connectivity index (χ3n) is 4.46. The molecule has 0 spiro atoms. The monoisotopic (exact) mass is 288 g/mol. The fourth-order valence-electron chi connectivity index (χ4n) is 3.28. The number of aryl methyl sites for hydroxylation is 1. The summed E-state index contributed by atoms with van der Waals surface area (Å²) in [7, 11) is 0. The molecule has 4 heteroatoms. The number of piperidine rings is 1. The van der Waals surface area contributed by atoms with E-state index in [-0.39, 0.29) is 5.91 Å². The Balaban J connectivity index is 1.81. The molecular formula is C17H24N2O2. The summed E-state index contributed by atoms with van der Waals surface area (Å²) in [6, 6.07) is 6.37. The molecule has 0 radical (unpaired) electrons. The van der Waals surface area contributed by atoms with Crippen molar-refractivity contribution in [2.45, 2.75) is 25.7 Å². The molecule has 1 aromatic carbocycles. The molecule has 2 fully saturated rings. The Bertz CT molecular complexity index is 504. The maximum Gasteiger partial charge on any atom is 0.254 e. The van der Waals surface area contributed by atoms with Crippen LogP contribution < -0.4 is 5.32 Å². The highest BCUT2D eigenvalue weighted by molar-refractivity contribution is 5.94. The lowest BCUT2D eigenvalue weighted by atomic mass is 9.88. The van der Waals surface area contributed by atoms with Gasteiger partial charge in [-0.2, -0.15) is 0 Å². The molecule has 21 heavy (non-hydrogen) atoms. The number of nitrogens with zero attached hydrogens (tertiary/aromatic N) is 1. The summed E-state index contributed by atoms with van der Waals surface area (Å²) >= 11 is 0. The van der Waals surface area contributed by atoms with E-state index in [0.717, 1.165) is 31.5 Å². The van der Waals surface area contributed by atoms with E-state index in [0.29, 0.717) is 32.2 Å². The minimum Gasteiger partial charge on any atom is -0.378 e. The predicted octanol–water partition coefficient (Wildman–Crippen LogP) is 1.93. The highest BCUT2D eigenvalue weighted by Gasteiger charge is 2.21. The molecule has 1 amide bonds. The zero-order valence-electron chi connectivity index (χ0n) is 12.7. The molecule has 0 saturated carbocycles. The second-order valence-corrected chi connectivity index (χ2v) is 6.06. The molecule has 4 nitrogen and oxygen atoms in total. The van der Waals surface area contributed by atoms with Crippen molar-refractivity contribution in [1.29, 1.82) is 0 Å². The molecule has 0 unspecified atom stereocenters. The second-order valence-electron chi connectivity index (χ2n) is 6.06. The summed E-state index contributed by atoms with van der Waals surface area (Å²) in [6.07, 6.45) is 2.32. The van der Waals surface area contributed by atoms with Gasteiger partial charge in [-0.1, -0.05) is 11.6 Å². The molecule has 2 aliphatic heterocycles. The maximum absolute atomic E-state index is 12.6. The summed E-state index contributed by atoms with van der Waals surface area (Å²) in [5, 5.41) is 3.40. The van der Waals surface area contributed by atoms with E-state index < -0.39 is 0 Å². The van der Waals surface area contributed by atoms with E-state index in [9.17, 15) is 4.79 Å². The van der Waals surface area contributed by atoms with Gasteiger partial charge in [0, 0.05) is 18.7 Å². The number of nitrogens with one attached hydrogen (secondary N) is 1. The SMILES string of the molecule is Cc1cc(C(=O)N2CCOCC2)cc(C2CCNCC2)c1. The number of benzene rings is 1. The molecule has 0 bridgehead atoms. The van der Waals surface area contributed by atoms with E-state index in [1.54, 1.807) is 0 Å². The Morgan fingerprint density at radius 3 is 2.62 bits per heavy atom. The summed E-state index contributed by atoms with van der Waals surface area (Å²) in [5.41, 5.74) is 3.35. The molecule has 1 N–H and O–H groups in total. The third kappa shape index (κ3) is 3.44. The van der Waals surface area contributed by atoms with Gasteiger partial charge < -0.3 is 15.0 Å². The second kappa shape index (κ2) is 6.58. The lowest BCUT2D eigenvalue weighted by Gasteiger charge is -2.28. The molecule has 1 aromatic rings. The highest BCUT2D eigenvalue weighted by atomic mass is 16.5.